The monoisotopic (exact) mass is 561 g/mol. The Morgan fingerprint density at radius 1 is 1.06 bits per heavy atom. The summed E-state index contributed by atoms with van der Waals surface area (Å²) >= 11 is 0. The van der Waals surface area contributed by atoms with Gasteiger partial charge in [-0.15, -0.1) is 24.0 Å². The third-order valence-electron chi connectivity index (χ3n) is 5.01. The van der Waals surface area contributed by atoms with Gasteiger partial charge in [0.15, 0.2) is 5.96 Å². The number of alkyl halides is 3. The summed E-state index contributed by atoms with van der Waals surface area (Å²) in [6.07, 6.45) is -3.74. The van der Waals surface area contributed by atoms with Crippen molar-refractivity contribution in [2.45, 2.75) is 19.1 Å². The van der Waals surface area contributed by atoms with Crippen LogP contribution in [0.5, 0.6) is 0 Å². The van der Waals surface area contributed by atoms with E-state index in [4.69, 9.17) is 0 Å². The lowest BCUT2D eigenvalue weighted by Crippen LogP contribution is -2.47. The van der Waals surface area contributed by atoms with Crippen molar-refractivity contribution in [1.82, 2.24) is 16.0 Å². The molecule has 6 nitrogen and oxygen atoms in total. The maximum Gasteiger partial charge on any atom is 0.416 e. The summed E-state index contributed by atoms with van der Waals surface area (Å²) in [6.45, 7) is 2.92. The lowest BCUT2D eigenvalue weighted by atomic mass is 10.1. The largest absolute Gasteiger partial charge is 0.416 e. The normalized spacial score (nSPS) is 14.4. The van der Waals surface area contributed by atoms with Crippen molar-refractivity contribution in [2.24, 2.45) is 4.99 Å². The second-order valence-corrected chi connectivity index (χ2v) is 7.24. The van der Waals surface area contributed by atoms with Gasteiger partial charge in [0, 0.05) is 38.9 Å². The zero-order valence-corrected chi connectivity index (χ0v) is 20.0. The quantitative estimate of drug-likeness (QED) is 0.288. The highest BCUT2D eigenvalue weighted by molar-refractivity contribution is 14.0. The summed E-state index contributed by atoms with van der Waals surface area (Å²) in [7, 11) is 1.66. The average Bonchev–Trinajstić information content (AvgIpc) is 2.76. The maximum absolute atomic E-state index is 12.6. The Bertz CT molecular complexity index is 901. The number of carbonyl (C=O) groups excluding carboxylic acids is 1. The predicted octanol–water partition coefficient (Wildman–Crippen LogP) is 3.17. The lowest BCUT2D eigenvalue weighted by Gasteiger charge is -2.28. The van der Waals surface area contributed by atoms with Crippen LogP contribution in [0.4, 0.5) is 18.9 Å². The fraction of sp³-hybridized carbons (Fsp3) is 0.364. The Kier molecular flexibility index (Phi) is 9.60. The molecule has 32 heavy (non-hydrogen) atoms. The SMILES string of the molecule is CN=C(NCCc1ccc(C(F)(F)F)cc1)NCc1ccc(N2CCNC(=O)C2)cc1.I. The molecule has 0 saturated carbocycles. The maximum atomic E-state index is 12.6. The Labute approximate surface area is 202 Å². The fourth-order valence-corrected chi connectivity index (χ4v) is 3.28. The van der Waals surface area contributed by atoms with Crippen LogP contribution >= 0.6 is 24.0 Å². The molecule has 174 valence electrons. The van der Waals surface area contributed by atoms with Crippen molar-refractivity contribution in [3.63, 3.8) is 0 Å². The van der Waals surface area contributed by atoms with Crippen LogP contribution in [0.2, 0.25) is 0 Å². The van der Waals surface area contributed by atoms with Crippen molar-refractivity contribution in [3.05, 3.63) is 65.2 Å². The molecule has 2 aromatic carbocycles. The molecule has 3 rings (SSSR count). The van der Waals surface area contributed by atoms with Crippen molar-refractivity contribution in [2.75, 3.05) is 38.1 Å². The molecule has 0 radical (unpaired) electrons. The van der Waals surface area contributed by atoms with E-state index in [1.54, 1.807) is 7.05 Å². The van der Waals surface area contributed by atoms with E-state index in [9.17, 15) is 18.0 Å². The minimum absolute atomic E-state index is 0. The van der Waals surface area contributed by atoms with Gasteiger partial charge in [0.05, 0.1) is 12.1 Å². The van der Waals surface area contributed by atoms with Gasteiger partial charge < -0.3 is 20.9 Å². The smallest absolute Gasteiger partial charge is 0.360 e. The summed E-state index contributed by atoms with van der Waals surface area (Å²) in [5, 5.41) is 9.20. The van der Waals surface area contributed by atoms with E-state index in [2.05, 4.69) is 20.9 Å². The number of nitrogens with one attached hydrogen (secondary N) is 3. The zero-order valence-electron chi connectivity index (χ0n) is 17.7. The number of amides is 1. The standard InChI is InChI=1S/C22H26F3N5O.HI/c1-26-21(28-11-10-16-2-6-18(7-3-16)22(23,24)25)29-14-17-4-8-19(9-5-17)30-13-12-27-20(31)15-30;/h2-9H,10-15H2,1H3,(H,27,31)(H2,26,28,29);1H. The van der Waals surface area contributed by atoms with Crippen LogP contribution < -0.4 is 20.9 Å². The molecular formula is C22H27F3IN5O. The molecule has 0 aromatic heterocycles. The van der Waals surface area contributed by atoms with Gasteiger partial charge in [-0.1, -0.05) is 24.3 Å². The number of aliphatic imine (C=N–C) groups is 1. The first-order valence-corrected chi connectivity index (χ1v) is 10.1. The molecule has 3 N–H and O–H groups in total. The molecule has 0 unspecified atom stereocenters. The third kappa shape index (κ3) is 7.57. The highest BCUT2D eigenvalue weighted by Crippen LogP contribution is 2.29. The Morgan fingerprint density at radius 2 is 1.72 bits per heavy atom. The lowest BCUT2D eigenvalue weighted by molar-refractivity contribution is -0.137. The van der Waals surface area contributed by atoms with Crippen molar-refractivity contribution < 1.29 is 18.0 Å². The number of carbonyl (C=O) groups is 1. The minimum Gasteiger partial charge on any atom is -0.360 e. The number of rotatable bonds is 6. The van der Waals surface area contributed by atoms with E-state index in [0.717, 1.165) is 35.5 Å². The molecule has 0 aliphatic carbocycles. The van der Waals surface area contributed by atoms with Crippen LogP contribution in [0, 0.1) is 0 Å². The van der Waals surface area contributed by atoms with Gasteiger partial charge in [0.1, 0.15) is 0 Å². The molecular weight excluding hydrogens is 534 g/mol. The second kappa shape index (κ2) is 11.9. The number of piperazine rings is 1. The van der Waals surface area contributed by atoms with Crippen LogP contribution in [0.1, 0.15) is 16.7 Å². The molecule has 1 heterocycles. The third-order valence-corrected chi connectivity index (χ3v) is 5.01. The predicted molar refractivity (Wildman–Crippen MR) is 130 cm³/mol. The van der Waals surface area contributed by atoms with E-state index >= 15 is 0 Å². The van der Waals surface area contributed by atoms with Gasteiger partial charge in [-0.2, -0.15) is 13.2 Å². The van der Waals surface area contributed by atoms with Crippen LogP contribution in [0.3, 0.4) is 0 Å². The number of anilines is 1. The molecule has 0 spiro atoms. The Hall–Kier alpha value is -2.50. The summed E-state index contributed by atoms with van der Waals surface area (Å²) in [5.41, 5.74) is 2.25. The highest BCUT2D eigenvalue weighted by atomic mass is 127. The number of hydrogen-bond acceptors (Lipinski definition) is 3. The molecule has 0 atom stereocenters. The molecule has 10 heteroatoms. The van der Waals surface area contributed by atoms with E-state index < -0.39 is 11.7 Å². The van der Waals surface area contributed by atoms with Gasteiger partial charge in [0.25, 0.3) is 0 Å². The Morgan fingerprint density at radius 3 is 2.31 bits per heavy atom. The summed E-state index contributed by atoms with van der Waals surface area (Å²) in [4.78, 5) is 17.7. The number of guanidine groups is 1. The number of nitrogens with zero attached hydrogens (tertiary/aromatic N) is 2. The first-order valence-electron chi connectivity index (χ1n) is 10.1. The van der Waals surface area contributed by atoms with E-state index in [-0.39, 0.29) is 29.9 Å². The fourth-order valence-electron chi connectivity index (χ4n) is 3.28. The Balaban J connectivity index is 0.00000363. The minimum atomic E-state index is -4.32. The molecule has 0 bridgehead atoms. The van der Waals surface area contributed by atoms with E-state index in [1.807, 2.05) is 29.2 Å². The van der Waals surface area contributed by atoms with Gasteiger partial charge in [-0.25, -0.2) is 0 Å². The number of benzene rings is 2. The molecule has 2 aromatic rings. The highest BCUT2D eigenvalue weighted by Gasteiger charge is 2.29. The molecule has 1 saturated heterocycles. The number of halogens is 4. The summed E-state index contributed by atoms with van der Waals surface area (Å²) in [5.74, 6) is 0.645. The van der Waals surface area contributed by atoms with Crippen LogP contribution in [-0.4, -0.2) is 45.1 Å². The van der Waals surface area contributed by atoms with Gasteiger partial charge in [0.2, 0.25) is 5.91 Å². The first kappa shape index (κ1) is 25.8. The molecule has 1 fully saturated rings. The van der Waals surface area contributed by atoms with Crippen molar-refractivity contribution in [3.8, 4) is 0 Å². The van der Waals surface area contributed by atoms with Crippen LogP contribution in [-0.2, 0) is 23.9 Å². The summed E-state index contributed by atoms with van der Waals surface area (Å²) < 4.78 is 37.9. The zero-order chi connectivity index (χ0) is 22.3. The van der Waals surface area contributed by atoms with Crippen LogP contribution in [0.25, 0.3) is 0 Å². The topological polar surface area (TPSA) is 68.8 Å². The van der Waals surface area contributed by atoms with Crippen LogP contribution in [0.15, 0.2) is 53.5 Å². The summed E-state index contributed by atoms with van der Waals surface area (Å²) in [6, 6.07) is 13.2. The first-order chi connectivity index (χ1) is 14.8. The van der Waals surface area contributed by atoms with Gasteiger partial charge in [-0.3, -0.25) is 9.79 Å². The second-order valence-electron chi connectivity index (χ2n) is 7.24. The van der Waals surface area contributed by atoms with Crippen molar-refractivity contribution >= 4 is 41.5 Å². The molecule has 1 aliphatic rings. The van der Waals surface area contributed by atoms with Gasteiger partial charge >= 0.3 is 6.18 Å². The number of hydrogen-bond donors (Lipinski definition) is 3. The van der Waals surface area contributed by atoms with Gasteiger partial charge in [-0.05, 0) is 41.8 Å². The van der Waals surface area contributed by atoms with Crippen molar-refractivity contribution in [1.29, 1.82) is 0 Å². The average molecular weight is 561 g/mol. The molecule has 1 amide bonds. The van der Waals surface area contributed by atoms with E-state index in [0.29, 0.717) is 38.6 Å². The molecule has 1 aliphatic heterocycles. The van der Waals surface area contributed by atoms with E-state index in [1.165, 1.54) is 12.1 Å².